The first-order valence-corrected chi connectivity index (χ1v) is 7.03. The summed E-state index contributed by atoms with van der Waals surface area (Å²) in [6.45, 7) is 0. The lowest BCUT2D eigenvalue weighted by Gasteiger charge is -2.18. The molecule has 0 fully saturated rings. The summed E-state index contributed by atoms with van der Waals surface area (Å²) in [5.74, 6) is 6.63. The number of aryl methyl sites for hydroxylation is 2. The van der Waals surface area contributed by atoms with Crippen molar-refractivity contribution in [1.29, 1.82) is 0 Å². The fourth-order valence-corrected chi connectivity index (χ4v) is 2.95. The van der Waals surface area contributed by atoms with Crippen LogP contribution in [0.2, 0.25) is 0 Å². The molecule has 2 aromatic rings. The van der Waals surface area contributed by atoms with E-state index in [1.807, 2.05) is 12.1 Å². The third-order valence-electron chi connectivity index (χ3n) is 4.07. The Hall–Kier alpha value is -1.84. The lowest BCUT2D eigenvalue weighted by atomic mass is 9.96. The predicted octanol–water partition coefficient (Wildman–Crippen LogP) is 2.74. The topological polar surface area (TPSA) is 47.3 Å². The van der Waals surface area contributed by atoms with Gasteiger partial charge in [0.2, 0.25) is 0 Å². The molecule has 0 saturated heterocycles. The van der Waals surface area contributed by atoms with Crippen molar-refractivity contribution in [3.63, 3.8) is 0 Å². The average Bonchev–Trinajstić information content (AvgIpc) is 2.96. The standard InChI is InChI=1S/C17H20N2O/c1-20-16-9-7-13(8-10-16)17(19-18)15-6-5-12-3-2-4-14(12)11-15/h5-11,17,19H,2-4,18H2,1H3. The monoisotopic (exact) mass is 268 g/mol. The van der Waals surface area contributed by atoms with E-state index >= 15 is 0 Å². The molecule has 0 bridgehead atoms. The van der Waals surface area contributed by atoms with E-state index in [1.54, 1.807) is 7.11 Å². The Morgan fingerprint density at radius 3 is 2.40 bits per heavy atom. The molecule has 1 aliphatic carbocycles. The van der Waals surface area contributed by atoms with Crippen molar-refractivity contribution in [1.82, 2.24) is 5.43 Å². The summed E-state index contributed by atoms with van der Waals surface area (Å²) in [5, 5.41) is 0. The summed E-state index contributed by atoms with van der Waals surface area (Å²) in [6.07, 6.45) is 3.66. The number of nitrogens with one attached hydrogen (secondary N) is 1. The molecule has 0 aliphatic heterocycles. The van der Waals surface area contributed by atoms with Crippen LogP contribution in [0, 0.1) is 0 Å². The van der Waals surface area contributed by atoms with Gasteiger partial charge in [0.15, 0.2) is 0 Å². The van der Waals surface area contributed by atoms with E-state index in [1.165, 1.54) is 36.0 Å². The van der Waals surface area contributed by atoms with Crippen molar-refractivity contribution in [3.8, 4) is 5.75 Å². The van der Waals surface area contributed by atoms with E-state index in [2.05, 4.69) is 35.8 Å². The second-order valence-corrected chi connectivity index (χ2v) is 5.25. The predicted molar refractivity (Wildman–Crippen MR) is 80.6 cm³/mol. The largest absolute Gasteiger partial charge is 0.497 e. The molecule has 104 valence electrons. The quantitative estimate of drug-likeness (QED) is 0.662. The molecule has 0 aromatic heterocycles. The van der Waals surface area contributed by atoms with Crippen LogP contribution < -0.4 is 16.0 Å². The molecule has 2 aromatic carbocycles. The van der Waals surface area contributed by atoms with Crippen LogP contribution in [-0.4, -0.2) is 7.11 Å². The van der Waals surface area contributed by atoms with Crippen LogP contribution >= 0.6 is 0 Å². The fourth-order valence-electron chi connectivity index (χ4n) is 2.95. The number of benzene rings is 2. The molecular formula is C17H20N2O. The first-order valence-electron chi connectivity index (χ1n) is 7.03. The van der Waals surface area contributed by atoms with E-state index in [0.29, 0.717) is 0 Å². The summed E-state index contributed by atoms with van der Waals surface area (Å²) in [4.78, 5) is 0. The van der Waals surface area contributed by atoms with Gasteiger partial charge in [-0.15, -0.1) is 0 Å². The minimum Gasteiger partial charge on any atom is -0.497 e. The highest BCUT2D eigenvalue weighted by Gasteiger charge is 2.16. The Kier molecular flexibility index (Phi) is 3.72. The Labute approximate surface area is 119 Å². The van der Waals surface area contributed by atoms with E-state index in [9.17, 15) is 0 Å². The Morgan fingerprint density at radius 1 is 1.00 bits per heavy atom. The van der Waals surface area contributed by atoms with Crippen molar-refractivity contribution in [3.05, 3.63) is 64.7 Å². The maximum Gasteiger partial charge on any atom is 0.118 e. The summed E-state index contributed by atoms with van der Waals surface area (Å²) < 4.78 is 5.20. The molecule has 0 amide bonds. The van der Waals surface area contributed by atoms with Crippen molar-refractivity contribution in [2.45, 2.75) is 25.3 Å². The van der Waals surface area contributed by atoms with Gasteiger partial charge in [0.25, 0.3) is 0 Å². The highest BCUT2D eigenvalue weighted by Crippen LogP contribution is 2.28. The Balaban J connectivity index is 1.92. The lowest BCUT2D eigenvalue weighted by Crippen LogP contribution is -2.28. The molecule has 1 unspecified atom stereocenters. The summed E-state index contributed by atoms with van der Waals surface area (Å²) in [7, 11) is 1.67. The normalized spacial score (nSPS) is 14.9. The number of ether oxygens (including phenoxy) is 1. The Bertz CT molecular complexity index is 592. The van der Waals surface area contributed by atoms with Gasteiger partial charge in [-0.05, 0) is 53.6 Å². The van der Waals surface area contributed by atoms with Crippen molar-refractivity contribution in [2.75, 3.05) is 7.11 Å². The van der Waals surface area contributed by atoms with Crippen LogP contribution in [0.15, 0.2) is 42.5 Å². The lowest BCUT2D eigenvalue weighted by molar-refractivity contribution is 0.414. The minimum atomic E-state index is 0.0202. The van der Waals surface area contributed by atoms with Crippen LogP contribution in [0.25, 0.3) is 0 Å². The minimum absolute atomic E-state index is 0.0202. The highest BCUT2D eigenvalue weighted by atomic mass is 16.5. The number of hydrogen-bond donors (Lipinski definition) is 2. The van der Waals surface area contributed by atoms with Gasteiger partial charge in [-0.3, -0.25) is 5.84 Å². The van der Waals surface area contributed by atoms with E-state index in [0.717, 1.165) is 11.3 Å². The van der Waals surface area contributed by atoms with Gasteiger partial charge < -0.3 is 4.74 Å². The fraction of sp³-hybridized carbons (Fsp3) is 0.294. The molecule has 3 heteroatoms. The summed E-state index contributed by atoms with van der Waals surface area (Å²) in [5.41, 5.74) is 8.24. The first-order chi connectivity index (χ1) is 9.81. The molecule has 0 radical (unpaired) electrons. The van der Waals surface area contributed by atoms with Crippen LogP contribution in [-0.2, 0) is 12.8 Å². The third-order valence-corrected chi connectivity index (χ3v) is 4.07. The van der Waals surface area contributed by atoms with Crippen LogP contribution in [0.4, 0.5) is 0 Å². The van der Waals surface area contributed by atoms with Gasteiger partial charge in [0.1, 0.15) is 5.75 Å². The maximum absolute atomic E-state index is 5.77. The van der Waals surface area contributed by atoms with Crippen molar-refractivity contribution in [2.24, 2.45) is 5.84 Å². The molecule has 3 rings (SSSR count). The van der Waals surface area contributed by atoms with Gasteiger partial charge in [-0.25, -0.2) is 5.43 Å². The molecule has 1 atom stereocenters. The molecule has 1 aliphatic rings. The second kappa shape index (κ2) is 5.65. The van der Waals surface area contributed by atoms with Crippen LogP contribution in [0.5, 0.6) is 5.75 Å². The Morgan fingerprint density at radius 2 is 1.70 bits per heavy atom. The average molecular weight is 268 g/mol. The van der Waals surface area contributed by atoms with E-state index < -0.39 is 0 Å². The molecule has 20 heavy (non-hydrogen) atoms. The number of hydrogen-bond acceptors (Lipinski definition) is 3. The number of hydrazine groups is 1. The number of fused-ring (bicyclic) bond motifs is 1. The number of rotatable bonds is 4. The van der Waals surface area contributed by atoms with Gasteiger partial charge in [0.05, 0.1) is 13.2 Å². The summed E-state index contributed by atoms with van der Waals surface area (Å²) >= 11 is 0. The van der Waals surface area contributed by atoms with Gasteiger partial charge in [-0.1, -0.05) is 30.3 Å². The summed E-state index contributed by atoms with van der Waals surface area (Å²) in [6, 6.07) is 14.8. The van der Waals surface area contributed by atoms with Crippen LogP contribution in [0.1, 0.15) is 34.7 Å². The number of nitrogens with two attached hydrogens (primary N) is 1. The van der Waals surface area contributed by atoms with Gasteiger partial charge in [0, 0.05) is 0 Å². The number of methoxy groups -OCH3 is 1. The molecular weight excluding hydrogens is 248 g/mol. The molecule has 3 nitrogen and oxygen atoms in total. The van der Waals surface area contributed by atoms with E-state index in [4.69, 9.17) is 10.6 Å². The van der Waals surface area contributed by atoms with Crippen molar-refractivity contribution < 1.29 is 4.74 Å². The maximum atomic E-state index is 5.77. The molecule has 0 saturated carbocycles. The van der Waals surface area contributed by atoms with Crippen molar-refractivity contribution >= 4 is 0 Å². The zero-order chi connectivity index (χ0) is 13.9. The zero-order valence-electron chi connectivity index (χ0n) is 11.7. The van der Waals surface area contributed by atoms with Gasteiger partial charge >= 0.3 is 0 Å². The third kappa shape index (κ3) is 2.42. The first kappa shape index (κ1) is 13.2. The molecule has 0 heterocycles. The molecule has 0 spiro atoms. The van der Waals surface area contributed by atoms with E-state index in [-0.39, 0.29) is 6.04 Å². The van der Waals surface area contributed by atoms with Crippen LogP contribution in [0.3, 0.4) is 0 Å². The smallest absolute Gasteiger partial charge is 0.118 e. The van der Waals surface area contributed by atoms with Gasteiger partial charge in [-0.2, -0.15) is 0 Å². The second-order valence-electron chi connectivity index (χ2n) is 5.25. The SMILES string of the molecule is COc1ccc(C(NN)c2ccc3c(c2)CCC3)cc1. The molecule has 3 N–H and O–H groups in total. The highest BCUT2D eigenvalue weighted by molar-refractivity contribution is 5.41. The zero-order valence-corrected chi connectivity index (χ0v) is 11.7.